The standard InChI is InChI=1S/C13H17BrClNO/c1-9(7-16-11-3-4-11)8-17-13-5-2-10(14)6-12(13)15/h2,5-6,9,11,16H,3-4,7-8H2,1H3. The monoisotopic (exact) mass is 317 g/mol. The maximum atomic E-state index is 6.08. The van der Waals surface area contributed by atoms with Gasteiger partial charge in [0.15, 0.2) is 0 Å². The summed E-state index contributed by atoms with van der Waals surface area (Å²) in [6.45, 7) is 3.89. The third-order valence-electron chi connectivity index (χ3n) is 2.75. The van der Waals surface area contributed by atoms with Gasteiger partial charge >= 0.3 is 0 Å². The lowest BCUT2D eigenvalue weighted by molar-refractivity contribution is 0.255. The van der Waals surface area contributed by atoms with E-state index in [1.807, 2.05) is 18.2 Å². The first kappa shape index (κ1) is 13.2. The molecule has 1 atom stereocenters. The van der Waals surface area contributed by atoms with Crippen molar-refractivity contribution in [2.24, 2.45) is 5.92 Å². The Morgan fingerprint density at radius 1 is 1.53 bits per heavy atom. The smallest absolute Gasteiger partial charge is 0.137 e. The summed E-state index contributed by atoms with van der Waals surface area (Å²) in [4.78, 5) is 0. The van der Waals surface area contributed by atoms with Gasteiger partial charge in [0.05, 0.1) is 11.6 Å². The fraction of sp³-hybridized carbons (Fsp3) is 0.538. The normalized spacial score (nSPS) is 16.9. The highest BCUT2D eigenvalue weighted by Crippen LogP contribution is 2.28. The zero-order valence-electron chi connectivity index (χ0n) is 9.88. The third-order valence-corrected chi connectivity index (χ3v) is 3.54. The van der Waals surface area contributed by atoms with Crippen LogP contribution in [0.25, 0.3) is 0 Å². The van der Waals surface area contributed by atoms with Gasteiger partial charge in [-0.05, 0) is 31.0 Å². The predicted molar refractivity (Wildman–Crippen MR) is 74.8 cm³/mol. The number of halogens is 2. The lowest BCUT2D eigenvalue weighted by Crippen LogP contribution is -2.26. The Labute approximate surface area is 116 Å². The quantitative estimate of drug-likeness (QED) is 0.859. The summed E-state index contributed by atoms with van der Waals surface area (Å²) in [5, 5.41) is 4.15. The van der Waals surface area contributed by atoms with Crippen LogP contribution >= 0.6 is 27.5 Å². The van der Waals surface area contributed by atoms with Gasteiger partial charge in [0.1, 0.15) is 5.75 Å². The second kappa shape index (κ2) is 6.07. The molecule has 1 N–H and O–H groups in total. The van der Waals surface area contributed by atoms with Gasteiger partial charge in [0.2, 0.25) is 0 Å². The highest BCUT2D eigenvalue weighted by Gasteiger charge is 2.20. The third kappa shape index (κ3) is 4.49. The van der Waals surface area contributed by atoms with Gasteiger partial charge in [-0.2, -0.15) is 0 Å². The van der Waals surface area contributed by atoms with Crippen LogP contribution in [0.1, 0.15) is 19.8 Å². The van der Waals surface area contributed by atoms with E-state index in [0.29, 0.717) is 17.5 Å². The number of hydrogen-bond acceptors (Lipinski definition) is 2. The topological polar surface area (TPSA) is 21.3 Å². The Kier molecular flexibility index (Phi) is 4.71. The minimum atomic E-state index is 0.496. The summed E-state index contributed by atoms with van der Waals surface area (Å²) < 4.78 is 6.68. The number of benzene rings is 1. The van der Waals surface area contributed by atoms with Crippen LogP contribution in [0.2, 0.25) is 5.02 Å². The van der Waals surface area contributed by atoms with Crippen LogP contribution < -0.4 is 10.1 Å². The van der Waals surface area contributed by atoms with Gasteiger partial charge in [0.25, 0.3) is 0 Å². The molecular weight excluding hydrogens is 302 g/mol. The minimum absolute atomic E-state index is 0.496. The molecule has 1 saturated carbocycles. The molecule has 17 heavy (non-hydrogen) atoms. The molecule has 0 bridgehead atoms. The molecule has 1 aromatic rings. The van der Waals surface area contributed by atoms with Crippen LogP contribution in [0.3, 0.4) is 0 Å². The maximum Gasteiger partial charge on any atom is 0.137 e. The Bertz CT molecular complexity index is 382. The van der Waals surface area contributed by atoms with Crippen molar-refractivity contribution in [3.63, 3.8) is 0 Å². The van der Waals surface area contributed by atoms with Crippen LogP contribution in [0.15, 0.2) is 22.7 Å². The average molecular weight is 319 g/mol. The SMILES string of the molecule is CC(CNC1CC1)COc1ccc(Br)cc1Cl. The molecule has 2 rings (SSSR count). The summed E-state index contributed by atoms with van der Waals surface area (Å²) >= 11 is 9.45. The molecule has 1 fully saturated rings. The van der Waals surface area contributed by atoms with Crippen molar-refractivity contribution in [1.82, 2.24) is 5.32 Å². The minimum Gasteiger partial charge on any atom is -0.492 e. The van der Waals surface area contributed by atoms with Crippen molar-refractivity contribution < 1.29 is 4.74 Å². The molecule has 0 aromatic heterocycles. The van der Waals surface area contributed by atoms with Crippen molar-refractivity contribution in [1.29, 1.82) is 0 Å². The van der Waals surface area contributed by atoms with Crippen LogP contribution in [0.5, 0.6) is 5.75 Å². The number of nitrogens with one attached hydrogen (secondary N) is 1. The summed E-state index contributed by atoms with van der Waals surface area (Å²) in [7, 11) is 0. The first-order valence-electron chi connectivity index (χ1n) is 5.96. The molecule has 1 aliphatic carbocycles. The molecule has 0 aliphatic heterocycles. The van der Waals surface area contributed by atoms with Crippen LogP contribution in [-0.4, -0.2) is 19.2 Å². The summed E-state index contributed by atoms with van der Waals surface area (Å²) in [6, 6.07) is 6.44. The molecule has 0 spiro atoms. The van der Waals surface area contributed by atoms with Gasteiger partial charge in [0, 0.05) is 23.0 Å². The zero-order chi connectivity index (χ0) is 12.3. The average Bonchev–Trinajstić information content (AvgIpc) is 3.09. The molecule has 1 unspecified atom stereocenters. The van der Waals surface area contributed by atoms with Gasteiger partial charge < -0.3 is 10.1 Å². The molecule has 94 valence electrons. The maximum absolute atomic E-state index is 6.08. The molecule has 1 aromatic carbocycles. The Morgan fingerprint density at radius 3 is 2.94 bits per heavy atom. The molecule has 0 saturated heterocycles. The van der Waals surface area contributed by atoms with E-state index in [2.05, 4.69) is 28.2 Å². The van der Waals surface area contributed by atoms with Crippen molar-refractivity contribution in [3.05, 3.63) is 27.7 Å². The summed E-state index contributed by atoms with van der Waals surface area (Å²) in [5.74, 6) is 1.25. The molecule has 2 nitrogen and oxygen atoms in total. The van der Waals surface area contributed by atoms with Crippen LogP contribution in [0, 0.1) is 5.92 Å². The Morgan fingerprint density at radius 2 is 2.29 bits per heavy atom. The van der Waals surface area contributed by atoms with Crippen molar-refractivity contribution in [2.45, 2.75) is 25.8 Å². The lowest BCUT2D eigenvalue weighted by atomic mass is 10.2. The van der Waals surface area contributed by atoms with Gasteiger partial charge in [-0.1, -0.05) is 34.5 Å². The van der Waals surface area contributed by atoms with Crippen LogP contribution in [-0.2, 0) is 0 Å². The lowest BCUT2D eigenvalue weighted by Gasteiger charge is -2.14. The van der Waals surface area contributed by atoms with E-state index < -0.39 is 0 Å². The molecule has 0 radical (unpaired) electrons. The summed E-state index contributed by atoms with van der Waals surface area (Å²) in [6.07, 6.45) is 2.65. The van der Waals surface area contributed by atoms with E-state index in [-0.39, 0.29) is 0 Å². The molecular formula is C13H17BrClNO. The Balaban J connectivity index is 1.75. The molecule has 0 heterocycles. The first-order valence-corrected chi connectivity index (χ1v) is 7.13. The van der Waals surface area contributed by atoms with Gasteiger partial charge in [-0.15, -0.1) is 0 Å². The fourth-order valence-electron chi connectivity index (χ4n) is 1.54. The van der Waals surface area contributed by atoms with Gasteiger partial charge in [-0.3, -0.25) is 0 Å². The van der Waals surface area contributed by atoms with E-state index in [1.54, 1.807) is 0 Å². The Hall–Kier alpha value is -0.250. The van der Waals surface area contributed by atoms with Crippen LogP contribution in [0.4, 0.5) is 0 Å². The van der Waals surface area contributed by atoms with E-state index in [9.17, 15) is 0 Å². The molecule has 1 aliphatic rings. The van der Waals surface area contributed by atoms with Crippen molar-refractivity contribution >= 4 is 27.5 Å². The number of hydrogen-bond donors (Lipinski definition) is 1. The summed E-state index contributed by atoms with van der Waals surface area (Å²) in [5.41, 5.74) is 0. The molecule has 4 heteroatoms. The highest BCUT2D eigenvalue weighted by atomic mass is 79.9. The first-order chi connectivity index (χ1) is 8.15. The van der Waals surface area contributed by atoms with Gasteiger partial charge in [-0.25, -0.2) is 0 Å². The second-order valence-electron chi connectivity index (χ2n) is 4.67. The second-order valence-corrected chi connectivity index (χ2v) is 6.00. The number of rotatable bonds is 6. The van der Waals surface area contributed by atoms with Crippen molar-refractivity contribution in [2.75, 3.05) is 13.2 Å². The van der Waals surface area contributed by atoms with E-state index >= 15 is 0 Å². The largest absolute Gasteiger partial charge is 0.492 e. The highest BCUT2D eigenvalue weighted by molar-refractivity contribution is 9.10. The molecule has 0 amide bonds. The van der Waals surface area contributed by atoms with E-state index in [0.717, 1.165) is 22.8 Å². The number of ether oxygens (including phenoxy) is 1. The fourth-order valence-corrected chi connectivity index (χ4v) is 2.27. The van der Waals surface area contributed by atoms with Crippen molar-refractivity contribution in [3.8, 4) is 5.75 Å². The zero-order valence-corrected chi connectivity index (χ0v) is 12.2. The van der Waals surface area contributed by atoms with E-state index in [1.165, 1.54) is 12.8 Å². The van der Waals surface area contributed by atoms with E-state index in [4.69, 9.17) is 16.3 Å². The predicted octanol–water partition coefficient (Wildman–Crippen LogP) is 3.87.